The van der Waals surface area contributed by atoms with Gasteiger partial charge in [-0.3, -0.25) is 4.79 Å². The fourth-order valence-electron chi connectivity index (χ4n) is 1.89. The Morgan fingerprint density at radius 1 is 1.41 bits per heavy atom. The fourth-order valence-corrected chi connectivity index (χ4v) is 1.89. The molecule has 0 aromatic heterocycles. The number of benzene rings is 1. The molecule has 0 bridgehead atoms. The third-order valence-electron chi connectivity index (χ3n) is 2.72. The van der Waals surface area contributed by atoms with Gasteiger partial charge in [0.25, 0.3) is 0 Å². The largest absolute Gasteiger partial charge is 0.490 e. The molecule has 0 radical (unpaired) electrons. The predicted molar refractivity (Wildman–Crippen MR) is 62.3 cm³/mol. The van der Waals surface area contributed by atoms with Crippen LogP contribution in [-0.4, -0.2) is 30.4 Å². The molecule has 0 amide bonds. The summed E-state index contributed by atoms with van der Waals surface area (Å²) in [6.07, 6.45) is 2.00. The Bertz CT molecular complexity index is 383. The van der Waals surface area contributed by atoms with Crippen LogP contribution in [0.1, 0.15) is 18.4 Å². The van der Waals surface area contributed by atoms with Crippen LogP contribution in [0.15, 0.2) is 24.3 Å². The number of carboxylic acid groups (broad SMARTS) is 1. The van der Waals surface area contributed by atoms with E-state index in [9.17, 15) is 4.79 Å². The van der Waals surface area contributed by atoms with E-state index >= 15 is 0 Å². The van der Waals surface area contributed by atoms with Gasteiger partial charge in [-0.15, -0.1) is 0 Å². The van der Waals surface area contributed by atoms with Crippen molar-refractivity contribution in [2.75, 3.05) is 13.2 Å². The maximum absolute atomic E-state index is 10.6. The summed E-state index contributed by atoms with van der Waals surface area (Å²) in [4.78, 5) is 10.6. The number of hydrogen-bond acceptors (Lipinski definition) is 3. The third kappa shape index (κ3) is 3.75. The zero-order valence-corrected chi connectivity index (χ0v) is 9.59. The number of carbonyl (C=O) groups is 1. The molecule has 1 heterocycles. The molecular weight excluding hydrogens is 220 g/mol. The molecule has 92 valence electrons. The van der Waals surface area contributed by atoms with Crippen LogP contribution in [0.4, 0.5) is 0 Å². The Morgan fingerprint density at radius 3 is 2.88 bits per heavy atom. The molecule has 0 aliphatic carbocycles. The molecule has 0 spiro atoms. The average Bonchev–Trinajstić information content (AvgIpc) is 2.30. The second kappa shape index (κ2) is 5.68. The molecule has 2 rings (SSSR count). The summed E-state index contributed by atoms with van der Waals surface area (Å²) in [7, 11) is 0. The highest BCUT2D eigenvalue weighted by atomic mass is 16.5. The van der Waals surface area contributed by atoms with Crippen molar-refractivity contribution in [2.24, 2.45) is 0 Å². The van der Waals surface area contributed by atoms with E-state index in [2.05, 4.69) is 0 Å². The molecule has 1 saturated heterocycles. The molecule has 4 nitrogen and oxygen atoms in total. The fraction of sp³-hybridized carbons (Fsp3) is 0.462. The number of ether oxygens (including phenoxy) is 2. The van der Waals surface area contributed by atoms with Gasteiger partial charge in [0.05, 0.1) is 19.6 Å². The molecule has 1 aliphatic heterocycles. The molecule has 0 saturated carbocycles. The molecule has 1 fully saturated rings. The van der Waals surface area contributed by atoms with Crippen molar-refractivity contribution in [3.05, 3.63) is 29.8 Å². The molecule has 0 atom stereocenters. The zero-order valence-electron chi connectivity index (χ0n) is 9.59. The number of carboxylic acids is 1. The lowest BCUT2D eigenvalue weighted by atomic mass is 10.1. The van der Waals surface area contributed by atoms with Crippen LogP contribution in [0.5, 0.6) is 5.75 Å². The van der Waals surface area contributed by atoms with Crippen LogP contribution in [0.25, 0.3) is 0 Å². The van der Waals surface area contributed by atoms with Crippen molar-refractivity contribution in [3.63, 3.8) is 0 Å². The maximum Gasteiger partial charge on any atom is 0.307 e. The maximum atomic E-state index is 10.6. The van der Waals surface area contributed by atoms with Crippen molar-refractivity contribution in [3.8, 4) is 5.75 Å². The average molecular weight is 236 g/mol. The van der Waals surface area contributed by atoms with Crippen molar-refractivity contribution in [1.29, 1.82) is 0 Å². The first kappa shape index (κ1) is 11.9. The van der Waals surface area contributed by atoms with Crippen LogP contribution >= 0.6 is 0 Å². The monoisotopic (exact) mass is 236 g/mol. The Balaban J connectivity index is 1.97. The van der Waals surface area contributed by atoms with E-state index in [4.69, 9.17) is 14.6 Å². The minimum atomic E-state index is -0.826. The zero-order chi connectivity index (χ0) is 12.1. The number of aliphatic carboxylic acids is 1. The molecule has 1 N–H and O–H groups in total. The summed E-state index contributed by atoms with van der Waals surface area (Å²) in [5.74, 6) is -0.0798. The van der Waals surface area contributed by atoms with Gasteiger partial charge < -0.3 is 14.6 Å². The summed E-state index contributed by atoms with van der Waals surface area (Å²) in [6, 6.07) is 7.28. The van der Waals surface area contributed by atoms with Gasteiger partial charge >= 0.3 is 5.97 Å². The van der Waals surface area contributed by atoms with Gasteiger partial charge in [0, 0.05) is 12.8 Å². The predicted octanol–water partition coefficient (Wildman–Crippen LogP) is 1.87. The van der Waals surface area contributed by atoms with Crippen molar-refractivity contribution < 1.29 is 19.4 Å². The third-order valence-corrected chi connectivity index (χ3v) is 2.72. The van der Waals surface area contributed by atoms with E-state index < -0.39 is 5.97 Å². The first-order valence-electron chi connectivity index (χ1n) is 5.79. The smallest absolute Gasteiger partial charge is 0.307 e. The lowest BCUT2D eigenvalue weighted by Crippen LogP contribution is -2.25. The van der Waals surface area contributed by atoms with Gasteiger partial charge in [0.2, 0.25) is 0 Å². The Kier molecular flexibility index (Phi) is 3.98. The summed E-state index contributed by atoms with van der Waals surface area (Å²) < 4.78 is 11.1. The summed E-state index contributed by atoms with van der Waals surface area (Å²) in [6.45, 7) is 1.47. The van der Waals surface area contributed by atoms with Crippen LogP contribution in [0.3, 0.4) is 0 Å². The summed E-state index contributed by atoms with van der Waals surface area (Å²) >= 11 is 0. The molecule has 17 heavy (non-hydrogen) atoms. The van der Waals surface area contributed by atoms with Crippen molar-refractivity contribution >= 4 is 5.97 Å². The normalized spacial score (nSPS) is 16.7. The highest BCUT2D eigenvalue weighted by Gasteiger charge is 2.15. The second-order valence-electron chi connectivity index (χ2n) is 4.15. The van der Waals surface area contributed by atoms with Gasteiger partial charge in [0.1, 0.15) is 11.9 Å². The summed E-state index contributed by atoms with van der Waals surface area (Å²) in [5, 5.41) is 8.72. The van der Waals surface area contributed by atoms with Gasteiger partial charge in [-0.25, -0.2) is 0 Å². The van der Waals surface area contributed by atoms with Crippen LogP contribution in [0, 0.1) is 0 Å². The van der Waals surface area contributed by atoms with Crippen LogP contribution in [-0.2, 0) is 16.0 Å². The van der Waals surface area contributed by atoms with Crippen LogP contribution < -0.4 is 4.74 Å². The lowest BCUT2D eigenvalue weighted by molar-refractivity contribution is -0.136. The van der Waals surface area contributed by atoms with E-state index in [1.807, 2.05) is 12.1 Å². The highest BCUT2D eigenvalue weighted by Crippen LogP contribution is 2.19. The topological polar surface area (TPSA) is 55.8 Å². The standard InChI is InChI=1S/C13H16O4/c14-13(15)9-10-2-1-3-12(8-10)17-11-4-6-16-7-5-11/h1-3,8,11H,4-7,9H2,(H,14,15). The quantitative estimate of drug-likeness (QED) is 0.867. The highest BCUT2D eigenvalue weighted by molar-refractivity contribution is 5.70. The molecular formula is C13H16O4. The van der Waals surface area contributed by atoms with Gasteiger partial charge in [0.15, 0.2) is 0 Å². The second-order valence-corrected chi connectivity index (χ2v) is 4.15. The minimum Gasteiger partial charge on any atom is -0.490 e. The van der Waals surface area contributed by atoms with Crippen LogP contribution in [0.2, 0.25) is 0 Å². The number of hydrogen-bond donors (Lipinski definition) is 1. The van der Waals surface area contributed by atoms with Crippen molar-refractivity contribution in [2.45, 2.75) is 25.4 Å². The SMILES string of the molecule is O=C(O)Cc1cccc(OC2CCOCC2)c1. The van der Waals surface area contributed by atoms with E-state index in [0.717, 1.165) is 37.4 Å². The number of rotatable bonds is 4. The summed E-state index contributed by atoms with van der Waals surface area (Å²) in [5.41, 5.74) is 0.766. The Morgan fingerprint density at radius 2 is 2.18 bits per heavy atom. The molecule has 1 aromatic rings. The molecule has 4 heteroatoms. The van der Waals surface area contributed by atoms with Gasteiger partial charge in [-0.1, -0.05) is 12.1 Å². The molecule has 1 aliphatic rings. The minimum absolute atomic E-state index is 0.0327. The van der Waals surface area contributed by atoms with Gasteiger partial charge in [-0.2, -0.15) is 0 Å². The lowest BCUT2D eigenvalue weighted by Gasteiger charge is -2.23. The Labute approximate surface area is 100 Å². The van der Waals surface area contributed by atoms with E-state index in [-0.39, 0.29) is 12.5 Å². The molecule has 1 aromatic carbocycles. The van der Waals surface area contributed by atoms with E-state index in [1.165, 1.54) is 0 Å². The van der Waals surface area contributed by atoms with Crippen molar-refractivity contribution in [1.82, 2.24) is 0 Å². The Hall–Kier alpha value is -1.55. The van der Waals surface area contributed by atoms with E-state index in [0.29, 0.717) is 0 Å². The van der Waals surface area contributed by atoms with Gasteiger partial charge in [-0.05, 0) is 17.7 Å². The molecule has 0 unspecified atom stereocenters. The first-order valence-corrected chi connectivity index (χ1v) is 5.79. The van der Waals surface area contributed by atoms with E-state index in [1.54, 1.807) is 12.1 Å². The first-order chi connectivity index (χ1) is 8.24.